The monoisotopic (exact) mass is 345 g/mol. The van der Waals surface area contributed by atoms with E-state index in [0.717, 1.165) is 15.6 Å². The Kier molecular flexibility index (Phi) is 5.07. The number of nitriles is 1. The van der Waals surface area contributed by atoms with Crippen molar-refractivity contribution < 1.29 is 14.1 Å². The second-order valence-electron chi connectivity index (χ2n) is 4.61. The van der Waals surface area contributed by atoms with Gasteiger partial charge in [-0.3, -0.25) is 4.79 Å². The molecule has 2 aromatic rings. The van der Waals surface area contributed by atoms with Gasteiger partial charge in [0.05, 0.1) is 6.42 Å². The standard InChI is InChI=1S/C16H14BrN2O2/c1-19-7-6-13(8-15(19)10-18)11-21-16(20)9-12-2-4-14(17)5-3-12/h2-8H,9,11H2,1H3/q+1. The number of rotatable bonds is 4. The highest BCUT2D eigenvalue weighted by Gasteiger charge is 2.09. The molecular weight excluding hydrogens is 332 g/mol. The fourth-order valence-electron chi connectivity index (χ4n) is 1.80. The third kappa shape index (κ3) is 4.40. The molecule has 1 aromatic carbocycles. The van der Waals surface area contributed by atoms with E-state index in [0.29, 0.717) is 5.69 Å². The van der Waals surface area contributed by atoms with Crippen molar-refractivity contribution >= 4 is 21.9 Å². The van der Waals surface area contributed by atoms with Crippen LogP contribution in [0.15, 0.2) is 47.1 Å². The van der Waals surface area contributed by atoms with Gasteiger partial charge in [0.1, 0.15) is 13.7 Å². The van der Waals surface area contributed by atoms with E-state index in [-0.39, 0.29) is 19.0 Å². The molecule has 106 valence electrons. The van der Waals surface area contributed by atoms with Crippen LogP contribution in [0.4, 0.5) is 0 Å². The van der Waals surface area contributed by atoms with Gasteiger partial charge in [0, 0.05) is 22.2 Å². The molecule has 0 aliphatic heterocycles. The first-order chi connectivity index (χ1) is 10.1. The third-order valence-corrected chi connectivity index (χ3v) is 3.52. The summed E-state index contributed by atoms with van der Waals surface area (Å²) in [5.41, 5.74) is 2.23. The molecule has 2 rings (SSSR count). The van der Waals surface area contributed by atoms with Crippen LogP contribution in [0.5, 0.6) is 0 Å². The number of pyridine rings is 1. The SMILES string of the molecule is C[n+]1ccc(COC(=O)Cc2ccc(Br)cc2)cc1C#N. The summed E-state index contributed by atoms with van der Waals surface area (Å²) < 4.78 is 7.92. The number of hydrogen-bond acceptors (Lipinski definition) is 3. The fraction of sp³-hybridized carbons (Fsp3) is 0.188. The van der Waals surface area contributed by atoms with Crippen LogP contribution in [-0.2, 0) is 29.6 Å². The fourth-order valence-corrected chi connectivity index (χ4v) is 2.06. The zero-order valence-electron chi connectivity index (χ0n) is 11.5. The molecule has 0 radical (unpaired) electrons. The maximum absolute atomic E-state index is 11.8. The predicted octanol–water partition coefficient (Wildman–Crippen LogP) is 2.43. The Morgan fingerprint density at radius 3 is 2.67 bits per heavy atom. The average molecular weight is 346 g/mol. The van der Waals surface area contributed by atoms with E-state index < -0.39 is 0 Å². The van der Waals surface area contributed by atoms with E-state index in [1.807, 2.05) is 30.3 Å². The zero-order valence-corrected chi connectivity index (χ0v) is 13.1. The molecule has 0 spiro atoms. The van der Waals surface area contributed by atoms with Crippen molar-refractivity contribution in [2.75, 3.05) is 0 Å². The number of esters is 1. The van der Waals surface area contributed by atoms with Gasteiger partial charge in [-0.2, -0.15) is 9.83 Å². The zero-order chi connectivity index (χ0) is 15.2. The van der Waals surface area contributed by atoms with E-state index in [9.17, 15) is 4.79 Å². The van der Waals surface area contributed by atoms with Gasteiger partial charge in [0.25, 0.3) is 5.69 Å². The lowest BCUT2D eigenvalue weighted by atomic mass is 10.1. The summed E-state index contributed by atoms with van der Waals surface area (Å²) in [5, 5.41) is 8.96. The largest absolute Gasteiger partial charge is 0.461 e. The normalized spacial score (nSPS) is 9.95. The molecule has 0 unspecified atom stereocenters. The van der Waals surface area contributed by atoms with Crippen LogP contribution in [-0.4, -0.2) is 5.97 Å². The predicted molar refractivity (Wildman–Crippen MR) is 80.0 cm³/mol. The Morgan fingerprint density at radius 2 is 2.00 bits per heavy atom. The molecule has 1 heterocycles. The van der Waals surface area contributed by atoms with Gasteiger partial charge in [0.15, 0.2) is 12.3 Å². The quantitative estimate of drug-likeness (QED) is 0.631. The van der Waals surface area contributed by atoms with Gasteiger partial charge in [-0.15, -0.1) is 0 Å². The summed E-state index contributed by atoms with van der Waals surface area (Å²) in [6.45, 7) is 0.172. The first-order valence-corrected chi connectivity index (χ1v) is 7.16. The highest BCUT2D eigenvalue weighted by atomic mass is 79.9. The molecule has 21 heavy (non-hydrogen) atoms. The first kappa shape index (κ1) is 15.2. The molecule has 0 aliphatic rings. The van der Waals surface area contributed by atoms with Crippen molar-refractivity contribution in [1.29, 1.82) is 5.26 Å². The van der Waals surface area contributed by atoms with Gasteiger partial charge in [0.2, 0.25) is 0 Å². The molecule has 0 N–H and O–H groups in total. The second kappa shape index (κ2) is 7.00. The van der Waals surface area contributed by atoms with Crippen molar-refractivity contribution in [2.24, 2.45) is 7.05 Å². The molecule has 0 saturated carbocycles. The number of nitrogens with zero attached hydrogens (tertiary/aromatic N) is 2. The molecule has 0 fully saturated rings. The Balaban J connectivity index is 1.92. The van der Waals surface area contributed by atoms with Crippen LogP contribution in [0.25, 0.3) is 0 Å². The molecule has 4 nitrogen and oxygen atoms in total. The third-order valence-electron chi connectivity index (χ3n) is 2.99. The van der Waals surface area contributed by atoms with E-state index in [1.54, 1.807) is 23.9 Å². The molecule has 5 heteroatoms. The number of carbonyl (C=O) groups excluding carboxylic acids is 1. The number of halogens is 1. The van der Waals surface area contributed by atoms with E-state index in [2.05, 4.69) is 22.0 Å². The molecule has 0 atom stereocenters. The number of carbonyl (C=O) groups is 1. The lowest BCUT2D eigenvalue weighted by Gasteiger charge is -2.05. The molecular formula is C16H14BrN2O2+. The molecule has 0 aliphatic carbocycles. The van der Waals surface area contributed by atoms with Crippen LogP contribution in [0.2, 0.25) is 0 Å². The van der Waals surface area contributed by atoms with Crippen LogP contribution in [0.1, 0.15) is 16.8 Å². The van der Waals surface area contributed by atoms with Crippen LogP contribution in [0, 0.1) is 11.3 Å². The minimum Gasteiger partial charge on any atom is -0.461 e. The number of ether oxygens (including phenoxy) is 1. The lowest BCUT2D eigenvalue weighted by molar-refractivity contribution is -0.674. The van der Waals surface area contributed by atoms with Gasteiger partial charge in [-0.05, 0) is 17.7 Å². The number of aromatic nitrogens is 1. The van der Waals surface area contributed by atoms with Crippen molar-refractivity contribution in [1.82, 2.24) is 0 Å². The highest BCUT2D eigenvalue weighted by molar-refractivity contribution is 9.10. The Hall–Kier alpha value is -2.19. The topological polar surface area (TPSA) is 54.0 Å². The van der Waals surface area contributed by atoms with E-state index in [1.165, 1.54) is 0 Å². The minimum atomic E-state index is -0.288. The summed E-state index contributed by atoms with van der Waals surface area (Å²) in [4.78, 5) is 11.8. The Labute approximate surface area is 131 Å². The second-order valence-corrected chi connectivity index (χ2v) is 5.52. The number of hydrogen-bond donors (Lipinski definition) is 0. The van der Waals surface area contributed by atoms with Crippen LogP contribution >= 0.6 is 15.9 Å². The van der Waals surface area contributed by atoms with Crippen molar-refractivity contribution in [3.05, 3.63) is 63.9 Å². The summed E-state index contributed by atoms with van der Waals surface area (Å²) in [7, 11) is 1.79. The van der Waals surface area contributed by atoms with Crippen molar-refractivity contribution in [3.63, 3.8) is 0 Å². The van der Waals surface area contributed by atoms with Crippen LogP contribution < -0.4 is 4.57 Å². The van der Waals surface area contributed by atoms with Gasteiger partial charge < -0.3 is 4.74 Å². The minimum absolute atomic E-state index is 0.172. The summed E-state index contributed by atoms with van der Waals surface area (Å²) in [6.07, 6.45) is 2.01. The molecule has 0 saturated heterocycles. The Morgan fingerprint density at radius 1 is 1.29 bits per heavy atom. The van der Waals surface area contributed by atoms with Crippen LogP contribution in [0.3, 0.4) is 0 Å². The number of benzene rings is 1. The molecule has 0 amide bonds. The maximum Gasteiger partial charge on any atom is 0.310 e. The molecule has 1 aromatic heterocycles. The lowest BCUT2D eigenvalue weighted by Crippen LogP contribution is -2.31. The van der Waals surface area contributed by atoms with Gasteiger partial charge >= 0.3 is 5.97 Å². The smallest absolute Gasteiger partial charge is 0.310 e. The van der Waals surface area contributed by atoms with Gasteiger partial charge in [-0.1, -0.05) is 28.1 Å². The van der Waals surface area contributed by atoms with Crippen molar-refractivity contribution in [3.8, 4) is 6.07 Å². The average Bonchev–Trinajstić information content (AvgIpc) is 2.49. The highest BCUT2D eigenvalue weighted by Crippen LogP contribution is 2.11. The number of aryl methyl sites for hydroxylation is 1. The molecule has 0 bridgehead atoms. The summed E-state index contributed by atoms with van der Waals surface area (Å²) in [6, 6.07) is 13.2. The summed E-state index contributed by atoms with van der Waals surface area (Å²) in [5.74, 6) is -0.288. The van der Waals surface area contributed by atoms with E-state index in [4.69, 9.17) is 10.00 Å². The van der Waals surface area contributed by atoms with E-state index >= 15 is 0 Å². The first-order valence-electron chi connectivity index (χ1n) is 6.37. The van der Waals surface area contributed by atoms with Crippen molar-refractivity contribution in [2.45, 2.75) is 13.0 Å². The maximum atomic E-state index is 11.8. The Bertz CT molecular complexity index is 690. The summed E-state index contributed by atoms with van der Waals surface area (Å²) >= 11 is 3.35. The van der Waals surface area contributed by atoms with Gasteiger partial charge in [-0.25, -0.2) is 0 Å².